The molecule has 0 saturated heterocycles. The minimum Gasteiger partial charge on any atom is -0.477 e. The van der Waals surface area contributed by atoms with Crippen molar-refractivity contribution >= 4 is 17.2 Å². The number of anilines is 1. The molecule has 96 valence electrons. The summed E-state index contributed by atoms with van der Waals surface area (Å²) in [6, 6.07) is 1.81. The van der Waals surface area contributed by atoms with Gasteiger partial charge in [0.25, 0.3) is 0 Å². The van der Waals surface area contributed by atoms with Crippen molar-refractivity contribution < 1.29 is 4.74 Å². The van der Waals surface area contributed by atoms with Crippen LogP contribution in [0.3, 0.4) is 0 Å². The van der Waals surface area contributed by atoms with Crippen LogP contribution in [0.5, 0.6) is 5.88 Å². The molecular weight excluding hydrogens is 248 g/mol. The zero-order valence-corrected chi connectivity index (χ0v) is 11.3. The molecule has 1 N–H and O–H groups in total. The molecule has 0 atom stereocenters. The quantitative estimate of drug-likeness (QED) is 0.867. The average molecular weight is 264 g/mol. The Hall–Kier alpha value is -1.69. The number of hydrogen-bond acceptors (Lipinski definition) is 6. The van der Waals surface area contributed by atoms with E-state index in [1.807, 2.05) is 25.4 Å². The predicted octanol–water partition coefficient (Wildman–Crippen LogP) is 2.29. The summed E-state index contributed by atoms with van der Waals surface area (Å²) in [6.45, 7) is 5.47. The van der Waals surface area contributed by atoms with Crippen LogP contribution in [0.15, 0.2) is 17.9 Å². The van der Waals surface area contributed by atoms with Gasteiger partial charge in [0, 0.05) is 23.9 Å². The Labute approximate surface area is 110 Å². The van der Waals surface area contributed by atoms with Gasteiger partial charge < -0.3 is 10.1 Å². The van der Waals surface area contributed by atoms with E-state index in [0.717, 1.165) is 24.5 Å². The molecule has 0 aliphatic heterocycles. The maximum atomic E-state index is 5.61. The zero-order chi connectivity index (χ0) is 12.8. The molecule has 2 aromatic rings. The molecule has 0 spiro atoms. The Bertz CT molecular complexity index is 500. The monoisotopic (exact) mass is 264 g/mol. The summed E-state index contributed by atoms with van der Waals surface area (Å²) >= 11 is 1.66. The largest absolute Gasteiger partial charge is 0.477 e. The van der Waals surface area contributed by atoms with Crippen LogP contribution in [0.2, 0.25) is 0 Å². The van der Waals surface area contributed by atoms with Crippen molar-refractivity contribution in [1.82, 2.24) is 15.0 Å². The Kier molecular flexibility index (Phi) is 4.46. The lowest BCUT2D eigenvalue weighted by Gasteiger charge is -2.06. The van der Waals surface area contributed by atoms with Gasteiger partial charge in [-0.25, -0.2) is 15.0 Å². The molecule has 0 radical (unpaired) electrons. The molecule has 5 nitrogen and oxygen atoms in total. The van der Waals surface area contributed by atoms with Crippen molar-refractivity contribution in [2.75, 3.05) is 18.5 Å². The Balaban J connectivity index is 1.86. The van der Waals surface area contributed by atoms with Crippen molar-refractivity contribution in [2.24, 2.45) is 0 Å². The van der Waals surface area contributed by atoms with Gasteiger partial charge >= 0.3 is 0 Å². The van der Waals surface area contributed by atoms with E-state index in [0.29, 0.717) is 12.5 Å². The van der Waals surface area contributed by atoms with Crippen LogP contribution < -0.4 is 10.1 Å². The summed E-state index contributed by atoms with van der Waals surface area (Å²) in [6.07, 6.45) is 2.36. The van der Waals surface area contributed by atoms with Gasteiger partial charge in [-0.15, -0.1) is 11.3 Å². The highest BCUT2D eigenvalue weighted by molar-refractivity contribution is 7.09. The number of thiazole rings is 1. The van der Waals surface area contributed by atoms with Gasteiger partial charge in [-0.05, 0) is 13.8 Å². The SMILES string of the molecule is CCNc1cc(OCCc2scnc2C)ncn1. The first-order valence-electron chi connectivity index (χ1n) is 5.87. The van der Waals surface area contributed by atoms with Crippen molar-refractivity contribution in [3.8, 4) is 5.88 Å². The standard InChI is InChI=1S/C12H16N4OS/c1-3-13-11-6-12(15-7-14-11)17-5-4-10-9(2)16-8-18-10/h6-8H,3-5H2,1-2H3,(H,13,14,15). The van der Waals surface area contributed by atoms with Gasteiger partial charge in [-0.2, -0.15) is 0 Å². The summed E-state index contributed by atoms with van der Waals surface area (Å²) in [4.78, 5) is 13.6. The van der Waals surface area contributed by atoms with Gasteiger partial charge in [0.15, 0.2) is 0 Å². The van der Waals surface area contributed by atoms with Gasteiger partial charge in [-0.3, -0.25) is 0 Å². The molecule has 0 aliphatic carbocycles. The van der Waals surface area contributed by atoms with Crippen LogP contribution >= 0.6 is 11.3 Å². The van der Waals surface area contributed by atoms with E-state index in [-0.39, 0.29) is 0 Å². The van der Waals surface area contributed by atoms with Gasteiger partial charge in [0.2, 0.25) is 5.88 Å². The van der Waals surface area contributed by atoms with Crippen LogP contribution in [0.25, 0.3) is 0 Å². The first kappa shape index (κ1) is 12.8. The Morgan fingerprint density at radius 2 is 2.22 bits per heavy atom. The van der Waals surface area contributed by atoms with Crippen LogP contribution in [-0.4, -0.2) is 28.1 Å². The smallest absolute Gasteiger partial charge is 0.218 e. The van der Waals surface area contributed by atoms with E-state index in [4.69, 9.17) is 4.74 Å². The maximum absolute atomic E-state index is 5.61. The normalized spacial score (nSPS) is 10.3. The molecule has 0 bridgehead atoms. The molecule has 6 heteroatoms. The number of rotatable bonds is 6. The average Bonchev–Trinajstić information content (AvgIpc) is 2.76. The van der Waals surface area contributed by atoms with E-state index in [9.17, 15) is 0 Å². The van der Waals surface area contributed by atoms with Crippen molar-refractivity contribution in [1.29, 1.82) is 0 Å². The molecule has 0 fully saturated rings. The maximum Gasteiger partial charge on any atom is 0.218 e. The van der Waals surface area contributed by atoms with Crippen LogP contribution in [0, 0.1) is 6.92 Å². The summed E-state index contributed by atoms with van der Waals surface area (Å²) in [5.41, 5.74) is 2.94. The molecule has 0 unspecified atom stereocenters. The highest BCUT2D eigenvalue weighted by Gasteiger charge is 2.03. The number of hydrogen-bond donors (Lipinski definition) is 1. The molecule has 0 amide bonds. The highest BCUT2D eigenvalue weighted by Crippen LogP contribution is 2.14. The summed E-state index contributed by atoms with van der Waals surface area (Å²) in [5.74, 6) is 1.39. The minimum absolute atomic E-state index is 0.600. The van der Waals surface area contributed by atoms with E-state index >= 15 is 0 Å². The molecule has 0 saturated carbocycles. The van der Waals surface area contributed by atoms with Gasteiger partial charge in [0.05, 0.1) is 17.8 Å². The molecule has 0 aliphatic rings. The fourth-order valence-electron chi connectivity index (χ4n) is 1.51. The van der Waals surface area contributed by atoms with Crippen LogP contribution in [0.1, 0.15) is 17.5 Å². The second kappa shape index (κ2) is 6.30. The lowest BCUT2D eigenvalue weighted by molar-refractivity contribution is 0.310. The van der Waals surface area contributed by atoms with Crippen LogP contribution in [0.4, 0.5) is 5.82 Å². The first-order valence-corrected chi connectivity index (χ1v) is 6.75. The fraction of sp³-hybridized carbons (Fsp3) is 0.417. The second-order valence-electron chi connectivity index (χ2n) is 3.73. The minimum atomic E-state index is 0.600. The lowest BCUT2D eigenvalue weighted by Crippen LogP contribution is -2.04. The van der Waals surface area contributed by atoms with E-state index in [2.05, 4.69) is 20.3 Å². The molecule has 2 aromatic heterocycles. The third-order valence-corrected chi connectivity index (χ3v) is 3.42. The second-order valence-corrected chi connectivity index (χ2v) is 4.67. The van der Waals surface area contributed by atoms with Crippen molar-refractivity contribution in [3.63, 3.8) is 0 Å². The number of nitrogens with one attached hydrogen (secondary N) is 1. The molecule has 18 heavy (non-hydrogen) atoms. The first-order chi connectivity index (χ1) is 8.79. The number of aryl methyl sites for hydroxylation is 1. The Morgan fingerprint density at radius 3 is 2.94 bits per heavy atom. The number of aromatic nitrogens is 3. The van der Waals surface area contributed by atoms with E-state index in [1.54, 1.807) is 11.3 Å². The fourth-order valence-corrected chi connectivity index (χ4v) is 2.27. The summed E-state index contributed by atoms with van der Waals surface area (Å²) < 4.78 is 5.61. The highest BCUT2D eigenvalue weighted by atomic mass is 32.1. The van der Waals surface area contributed by atoms with E-state index < -0.39 is 0 Å². The van der Waals surface area contributed by atoms with E-state index in [1.165, 1.54) is 11.2 Å². The van der Waals surface area contributed by atoms with Crippen LogP contribution in [-0.2, 0) is 6.42 Å². The Morgan fingerprint density at radius 1 is 1.33 bits per heavy atom. The molecule has 2 rings (SSSR count). The van der Waals surface area contributed by atoms with Crippen molar-refractivity contribution in [2.45, 2.75) is 20.3 Å². The predicted molar refractivity (Wildman–Crippen MR) is 72.2 cm³/mol. The van der Waals surface area contributed by atoms with Gasteiger partial charge in [0.1, 0.15) is 12.1 Å². The summed E-state index contributed by atoms with van der Waals surface area (Å²) in [7, 11) is 0. The lowest BCUT2D eigenvalue weighted by atomic mass is 10.3. The number of nitrogens with zero attached hydrogens (tertiary/aromatic N) is 3. The topological polar surface area (TPSA) is 59.9 Å². The molecular formula is C12H16N4OS. The summed E-state index contributed by atoms with van der Waals surface area (Å²) in [5, 5.41) is 3.12. The van der Waals surface area contributed by atoms with Crippen molar-refractivity contribution in [3.05, 3.63) is 28.5 Å². The molecule has 0 aromatic carbocycles. The third kappa shape index (κ3) is 3.40. The molecule has 2 heterocycles. The third-order valence-electron chi connectivity index (χ3n) is 2.42. The number of ether oxygens (including phenoxy) is 1. The zero-order valence-electron chi connectivity index (χ0n) is 10.5. The van der Waals surface area contributed by atoms with Gasteiger partial charge in [-0.1, -0.05) is 0 Å².